The quantitative estimate of drug-likeness (QED) is 0.415. The van der Waals surface area contributed by atoms with Crippen LogP contribution in [0.4, 0.5) is 5.69 Å². The summed E-state index contributed by atoms with van der Waals surface area (Å²) in [5.41, 5.74) is 0.921. The predicted molar refractivity (Wildman–Crippen MR) is 96.8 cm³/mol. The van der Waals surface area contributed by atoms with E-state index in [4.69, 9.17) is 9.47 Å². The van der Waals surface area contributed by atoms with Crippen LogP contribution < -0.4 is 20.1 Å². The van der Waals surface area contributed by atoms with Crippen LogP contribution in [0.5, 0.6) is 11.5 Å². The summed E-state index contributed by atoms with van der Waals surface area (Å²) in [6, 6.07) is 5.78. The van der Waals surface area contributed by atoms with Gasteiger partial charge in [0.25, 0.3) is 0 Å². The third kappa shape index (κ3) is 6.47. The number of ether oxygens (including phenoxy) is 2. The van der Waals surface area contributed by atoms with Gasteiger partial charge in [-0.15, -0.1) is 0 Å². The van der Waals surface area contributed by atoms with Crippen molar-refractivity contribution in [3.05, 3.63) is 18.2 Å². The summed E-state index contributed by atoms with van der Waals surface area (Å²) in [6.07, 6.45) is 3.18. The van der Waals surface area contributed by atoms with E-state index in [9.17, 15) is 0 Å². The molecule has 0 heterocycles. The molecule has 0 unspecified atom stereocenters. The summed E-state index contributed by atoms with van der Waals surface area (Å²) < 4.78 is 10.9. The fraction of sp³-hybridized carbons (Fsp3) is 0.562. The van der Waals surface area contributed by atoms with Gasteiger partial charge in [-0.3, -0.25) is 4.99 Å². The molecule has 0 atom stereocenters. The van der Waals surface area contributed by atoms with Crippen LogP contribution in [0.3, 0.4) is 0 Å². The summed E-state index contributed by atoms with van der Waals surface area (Å²) >= 11 is 1.84. The third-order valence-corrected chi connectivity index (χ3v) is 3.54. The molecule has 5 nitrogen and oxygen atoms in total. The average molecular weight is 325 g/mol. The van der Waals surface area contributed by atoms with Gasteiger partial charge in [0.2, 0.25) is 0 Å². The lowest BCUT2D eigenvalue weighted by atomic mass is 10.2. The topological polar surface area (TPSA) is 54.9 Å². The Hall–Kier alpha value is -1.56. The molecule has 6 heteroatoms. The largest absolute Gasteiger partial charge is 0.493 e. The summed E-state index contributed by atoms with van der Waals surface area (Å²) in [5.74, 6) is 3.37. The third-order valence-electron chi connectivity index (χ3n) is 2.85. The molecule has 22 heavy (non-hydrogen) atoms. The molecule has 0 spiro atoms. The Morgan fingerprint density at radius 2 is 2.09 bits per heavy atom. The molecule has 0 saturated carbocycles. The van der Waals surface area contributed by atoms with E-state index < -0.39 is 0 Å². The van der Waals surface area contributed by atoms with Gasteiger partial charge in [0.05, 0.1) is 13.7 Å². The number of benzene rings is 1. The van der Waals surface area contributed by atoms with Crippen molar-refractivity contribution in [3.8, 4) is 11.5 Å². The molecular weight excluding hydrogens is 298 g/mol. The molecule has 124 valence electrons. The second-order valence-electron chi connectivity index (χ2n) is 4.53. The number of guanidine groups is 1. The summed E-state index contributed by atoms with van der Waals surface area (Å²) in [4.78, 5) is 4.57. The number of methoxy groups -OCH3 is 1. The van der Waals surface area contributed by atoms with Crippen LogP contribution in [0.15, 0.2) is 23.2 Å². The fourth-order valence-corrected chi connectivity index (χ4v) is 2.28. The average Bonchev–Trinajstić information content (AvgIpc) is 2.53. The lowest BCUT2D eigenvalue weighted by molar-refractivity contribution is 0.311. The molecule has 0 aliphatic carbocycles. The molecule has 0 saturated heterocycles. The normalized spacial score (nSPS) is 11.2. The molecule has 0 radical (unpaired) electrons. The van der Waals surface area contributed by atoms with Crippen LogP contribution in [0, 0.1) is 0 Å². The predicted octanol–water partition coefficient (Wildman–Crippen LogP) is 3.22. The van der Waals surface area contributed by atoms with Crippen molar-refractivity contribution >= 4 is 23.4 Å². The van der Waals surface area contributed by atoms with Crippen molar-refractivity contribution in [1.82, 2.24) is 5.32 Å². The zero-order valence-electron chi connectivity index (χ0n) is 13.9. The molecule has 0 aliphatic heterocycles. The van der Waals surface area contributed by atoms with Gasteiger partial charge in [-0.1, -0.05) is 0 Å². The number of aliphatic imine (C=N–C) groups is 1. The van der Waals surface area contributed by atoms with Gasteiger partial charge >= 0.3 is 0 Å². The van der Waals surface area contributed by atoms with Crippen molar-refractivity contribution in [3.63, 3.8) is 0 Å². The van der Waals surface area contributed by atoms with Crippen molar-refractivity contribution in [2.75, 3.05) is 44.1 Å². The standard InChI is InChI=1S/C16H27N3O2S/c1-5-17-16(18-10-7-11-22-4)19-13-8-9-14(21-6-2)15(12-13)20-3/h8-9,12H,5-7,10-11H2,1-4H3,(H2,17,18,19). The van der Waals surface area contributed by atoms with Crippen LogP contribution in [-0.4, -0.2) is 44.8 Å². The highest BCUT2D eigenvalue weighted by atomic mass is 32.2. The first-order chi connectivity index (χ1) is 10.7. The Morgan fingerprint density at radius 1 is 1.27 bits per heavy atom. The van der Waals surface area contributed by atoms with Crippen LogP contribution in [0.1, 0.15) is 20.3 Å². The SMILES string of the molecule is CCNC(=NCCCSC)Nc1ccc(OCC)c(OC)c1. The van der Waals surface area contributed by atoms with E-state index in [-0.39, 0.29) is 0 Å². The molecule has 1 aromatic carbocycles. The van der Waals surface area contributed by atoms with E-state index in [0.717, 1.165) is 42.7 Å². The minimum Gasteiger partial charge on any atom is -0.493 e. The van der Waals surface area contributed by atoms with Gasteiger partial charge in [-0.2, -0.15) is 11.8 Å². The number of hydrogen-bond acceptors (Lipinski definition) is 4. The molecule has 0 amide bonds. The van der Waals surface area contributed by atoms with E-state index in [1.165, 1.54) is 0 Å². The number of thioether (sulfide) groups is 1. The Labute approximate surface area is 137 Å². The molecule has 2 N–H and O–H groups in total. The Bertz CT molecular complexity index is 467. The number of hydrogen-bond donors (Lipinski definition) is 2. The van der Waals surface area contributed by atoms with Gasteiger partial charge in [-0.05, 0) is 44.4 Å². The maximum atomic E-state index is 5.53. The minimum atomic E-state index is 0.614. The number of nitrogens with zero attached hydrogens (tertiary/aromatic N) is 1. The van der Waals surface area contributed by atoms with Crippen molar-refractivity contribution in [2.45, 2.75) is 20.3 Å². The highest BCUT2D eigenvalue weighted by molar-refractivity contribution is 7.98. The summed E-state index contributed by atoms with van der Waals surface area (Å²) in [7, 11) is 1.64. The molecular formula is C16H27N3O2S. The Morgan fingerprint density at radius 3 is 2.73 bits per heavy atom. The van der Waals surface area contributed by atoms with Crippen LogP contribution >= 0.6 is 11.8 Å². The van der Waals surface area contributed by atoms with Crippen LogP contribution in [0.2, 0.25) is 0 Å². The van der Waals surface area contributed by atoms with Crippen molar-refractivity contribution in [2.24, 2.45) is 4.99 Å². The monoisotopic (exact) mass is 325 g/mol. The van der Waals surface area contributed by atoms with E-state index in [1.54, 1.807) is 7.11 Å². The second kappa shape index (κ2) is 11.1. The van der Waals surface area contributed by atoms with Crippen LogP contribution in [0.25, 0.3) is 0 Å². The number of anilines is 1. The van der Waals surface area contributed by atoms with Gasteiger partial charge in [0.1, 0.15) is 0 Å². The van der Waals surface area contributed by atoms with E-state index in [0.29, 0.717) is 12.4 Å². The minimum absolute atomic E-state index is 0.614. The fourth-order valence-electron chi connectivity index (χ4n) is 1.86. The lowest BCUT2D eigenvalue weighted by Gasteiger charge is -2.14. The first-order valence-electron chi connectivity index (χ1n) is 7.60. The zero-order chi connectivity index (χ0) is 16.2. The van der Waals surface area contributed by atoms with Gasteiger partial charge in [0, 0.05) is 24.8 Å². The first-order valence-corrected chi connectivity index (χ1v) is 8.99. The van der Waals surface area contributed by atoms with Crippen molar-refractivity contribution in [1.29, 1.82) is 0 Å². The van der Waals surface area contributed by atoms with Gasteiger partial charge in [0.15, 0.2) is 17.5 Å². The number of nitrogens with one attached hydrogen (secondary N) is 2. The molecule has 0 aromatic heterocycles. The maximum absolute atomic E-state index is 5.53. The Balaban J connectivity index is 2.75. The number of rotatable bonds is 9. The lowest BCUT2D eigenvalue weighted by Crippen LogP contribution is -2.30. The zero-order valence-corrected chi connectivity index (χ0v) is 14.8. The maximum Gasteiger partial charge on any atom is 0.195 e. The second-order valence-corrected chi connectivity index (χ2v) is 5.52. The molecule has 1 rings (SSSR count). The molecule has 0 fully saturated rings. The van der Waals surface area contributed by atoms with Gasteiger partial charge < -0.3 is 20.1 Å². The van der Waals surface area contributed by atoms with E-state index in [2.05, 4.69) is 28.8 Å². The summed E-state index contributed by atoms with van der Waals surface area (Å²) in [6.45, 7) is 6.25. The van der Waals surface area contributed by atoms with Crippen molar-refractivity contribution < 1.29 is 9.47 Å². The highest BCUT2D eigenvalue weighted by Gasteiger charge is 2.06. The Kier molecular flexibility index (Phi) is 9.30. The van der Waals surface area contributed by atoms with Gasteiger partial charge in [-0.25, -0.2) is 0 Å². The first kappa shape index (κ1) is 18.5. The smallest absolute Gasteiger partial charge is 0.195 e. The van der Waals surface area contributed by atoms with Crippen LogP contribution in [-0.2, 0) is 0 Å². The van der Waals surface area contributed by atoms with E-state index in [1.807, 2.05) is 36.9 Å². The summed E-state index contributed by atoms with van der Waals surface area (Å²) in [5, 5.41) is 6.54. The van der Waals surface area contributed by atoms with E-state index >= 15 is 0 Å². The highest BCUT2D eigenvalue weighted by Crippen LogP contribution is 2.30. The molecule has 1 aromatic rings. The molecule has 0 aliphatic rings. The molecule has 0 bridgehead atoms.